The monoisotopic (exact) mass is 358 g/mol. The summed E-state index contributed by atoms with van der Waals surface area (Å²) in [7, 11) is 1.55. The van der Waals surface area contributed by atoms with Gasteiger partial charge in [0.25, 0.3) is 0 Å². The van der Waals surface area contributed by atoms with Crippen molar-refractivity contribution in [1.82, 2.24) is 0 Å². The average Bonchev–Trinajstić information content (AvgIpc) is 2.65. The molecule has 2 heterocycles. The molecule has 3 aromatic carbocycles. The van der Waals surface area contributed by atoms with Crippen molar-refractivity contribution in [3.8, 4) is 11.5 Å². The van der Waals surface area contributed by atoms with Gasteiger partial charge in [-0.15, -0.1) is 0 Å². The quantitative estimate of drug-likeness (QED) is 0.342. The molecule has 1 aliphatic heterocycles. The fourth-order valence-electron chi connectivity index (χ4n) is 3.76. The molecule has 4 aromatic rings. The Labute approximate surface area is 155 Å². The minimum Gasteiger partial charge on any atom is -0.496 e. The van der Waals surface area contributed by atoms with Crippen molar-refractivity contribution in [2.24, 2.45) is 0 Å². The van der Waals surface area contributed by atoms with Crippen LogP contribution in [0, 0.1) is 0 Å². The highest BCUT2D eigenvalue weighted by Crippen LogP contribution is 2.41. The summed E-state index contributed by atoms with van der Waals surface area (Å²) >= 11 is 0. The Balaban J connectivity index is 1.99. The van der Waals surface area contributed by atoms with Gasteiger partial charge < -0.3 is 13.9 Å². The molecule has 0 saturated heterocycles. The Morgan fingerprint density at radius 1 is 1.04 bits per heavy atom. The lowest BCUT2D eigenvalue weighted by Crippen LogP contribution is -2.27. The number of ether oxygens (including phenoxy) is 2. The normalized spacial score (nSPS) is 15.1. The molecule has 4 nitrogen and oxygen atoms in total. The summed E-state index contributed by atoms with van der Waals surface area (Å²) in [6.45, 7) is 3.96. The second-order valence-corrected chi connectivity index (χ2v) is 7.32. The highest BCUT2D eigenvalue weighted by Gasteiger charge is 2.27. The zero-order valence-electron chi connectivity index (χ0n) is 15.3. The van der Waals surface area contributed by atoms with E-state index >= 15 is 0 Å². The topological polar surface area (TPSA) is 48.7 Å². The zero-order chi connectivity index (χ0) is 18.8. The van der Waals surface area contributed by atoms with Gasteiger partial charge in [0, 0.05) is 6.07 Å². The van der Waals surface area contributed by atoms with Crippen molar-refractivity contribution < 1.29 is 13.9 Å². The van der Waals surface area contributed by atoms with Gasteiger partial charge in [0.15, 0.2) is 5.58 Å². The van der Waals surface area contributed by atoms with Crippen LogP contribution >= 0.6 is 0 Å². The van der Waals surface area contributed by atoms with Gasteiger partial charge in [-0.25, -0.2) is 0 Å². The van der Waals surface area contributed by atoms with E-state index in [0.717, 1.165) is 16.3 Å². The fourth-order valence-corrected chi connectivity index (χ4v) is 3.76. The van der Waals surface area contributed by atoms with E-state index in [-0.39, 0.29) is 5.43 Å². The first-order valence-electron chi connectivity index (χ1n) is 8.86. The highest BCUT2D eigenvalue weighted by atomic mass is 16.5. The molecule has 0 N–H and O–H groups in total. The van der Waals surface area contributed by atoms with Gasteiger partial charge >= 0.3 is 0 Å². The molecule has 0 spiro atoms. The van der Waals surface area contributed by atoms with Crippen molar-refractivity contribution in [2.45, 2.75) is 19.4 Å². The van der Waals surface area contributed by atoms with Crippen LogP contribution < -0.4 is 14.9 Å². The number of benzene rings is 3. The molecule has 1 aliphatic rings. The first-order valence-corrected chi connectivity index (χ1v) is 8.86. The summed E-state index contributed by atoms with van der Waals surface area (Å²) < 4.78 is 17.8. The van der Waals surface area contributed by atoms with Crippen LogP contribution in [0.25, 0.3) is 38.8 Å². The van der Waals surface area contributed by atoms with Crippen molar-refractivity contribution in [3.05, 3.63) is 64.3 Å². The van der Waals surface area contributed by atoms with Gasteiger partial charge in [0.1, 0.15) is 28.1 Å². The SMILES string of the molecule is COc1cc2c(c3oc4ccc5ccccc5c4c(=O)c13)C=CC(C)(C)O2. The molecule has 0 unspecified atom stereocenters. The Morgan fingerprint density at radius 3 is 2.67 bits per heavy atom. The van der Waals surface area contributed by atoms with E-state index in [0.29, 0.717) is 33.4 Å². The van der Waals surface area contributed by atoms with Gasteiger partial charge in [0.05, 0.1) is 18.1 Å². The molecule has 0 fully saturated rings. The van der Waals surface area contributed by atoms with Gasteiger partial charge in [-0.1, -0.05) is 30.3 Å². The molecule has 1 aromatic heterocycles. The Kier molecular flexibility index (Phi) is 3.17. The summed E-state index contributed by atoms with van der Waals surface area (Å²) in [5.41, 5.74) is 1.28. The Morgan fingerprint density at radius 2 is 1.85 bits per heavy atom. The van der Waals surface area contributed by atoms with Crippen LogP contribution in [-0.4, -0.2) is 12.7 Å². The smallest absolute Gasteiger partial charge is 0.204 e. The molecule has 0 saturated carbocycles. The maximum absolute atomic E-state index is 13.5. The Hall–Kier alpha value is -3.27. The lowest BCUT2D eigenvalue weighted by atomic mass is 9.98. The molecular weight excluding hydrogens is 340 g/mol. The van der Waals surface area contributed by atoms with E-state index in [9.17, 15) is 4.79 Å². The van der Waals surface area contributed by atoms with Gasteiger partial charge in [-0.3, -0.25) is 4.79 Å². The second-order valence-electron chi connectivity index (χ2n) is 7.32. The Bertz CT molecular complexity index is 1330. The molecule has 0 atom stereocenters. The van der Waals surface area contributed by atoms with E-state index in [4.69, 9.17) is 13.9 Å². The predicted molar refractivity (Wildman–Crippen MR) is 108 cm³/mol. The predicted octanol–water partition coefficient (Wildman–Crippen LogP) is 5.29. The number of hydrogen-bond acceptors (Lipinski definition) is 4. The third kappa shape index (κ3) is 2.26. The molecule has 134 valence electrons. The van der Waals surface area contributed by atoms with E-state index < -0.39 is 5.60 Å². The van der Waals surface area contributed by atoms with Crippen LogP contribution in [0.15, 0.2) is 57.8 Å². The van der Waals surface area contributed by atoms with Gasteiger partial charge in [-0.2, -0.15) is 0 Å². The molecule has 5 rings (SSSR count). The standard InChI is InChI=1S/C23H18O4/c1-23(2)11-10-15-17(27-23)12-18(25-3)20-21(24)19-14-7-5-4-6-13(14)8-9-16(19)26-22(15)20/h4-12H,1-3H3. The first-order chi connectivity index (χ1) is 13.0. The van der Waals surface area contributed by atoms with E-state index in [1.54, 1.807) is 13.2 Å². The minimum absolute atomic E-state index is 0.0964. The van der Waals surface area contributed by atoms with Crippen molar-refractivity contribution in [2.75, 3.05) is 7.11 Å². The fraction of sp³-hybridized carbons (Fsp3) is 0.174. The molecule has 0 amide bonds. The number of methoxy groups -OCH3 is 1. The second kappa shape index (κ2) is 5.36. The van der Waals surface area contributed by atoms with Crippen LogP contribution in [0.1, 0.15) is 19.4 Å². The van der Waals surface area contributed by atoms with Gasteiger partial charge in [-0.05, 0) is 42.8 Å². The number of hydrogen-bond donors (Lipinski definition) is 0. The third-order valence-corrected chi connectivity index (χ3v) is 5.05. The summed E-state index contributed by atoms with van der Waals surface area (Å²) in [6.07, 6.45) is 3.92. The first kappa shape index (κ1) is 15.9. The van der Waals surface area contributed by atoms with Crippen LogP contribution in [0.2, 0.25) is 0 Å². The van der Waals surface area contributed by atoms with Crippen LogP contribution in [0.4, 0.5) is 0 Å². The largest absolute Gasteiger partial charge is 0.496 e. The highest BCUT2D eigenvalue weighted by molar-refractivity contribution is 6.10. The van der Waals surface area contributed by atoms with Crippen molar-refractivity contribution in [1.29, 1.82) is 0 Å². The average molecular weight is 358 g/mol. The summed E-state index contributed by atoms with van der Waals surface area (Å²) in [5, 5.41) is 2.88. The molecule has 0 aliphatic carbocycles. The molecule has 4 heteroatoms. The van der Waals surface area contributed by atoms with Crippen LogP contribution in [-0.2, 0) is 0 Å². The number of rotatable bonds is 1. The summed E-state index contributed by atoms with van der Waals surface area (Å²) in [6, 6.07) is 13.4. The summed E-state index contributed by atoms with van der Waals surface area (Å²) in [4.78, 5) is 13.5. The number of fused-ring (bicyclic) bond motifs is 6. The molecule has 27 heavy (non-hydrogen) atoms. The zero-order valence-corrected chi connectivity index (χ0v) is 15.3. The van der Waals surface area contributed by atoms with Gasteiger partial charge in [0.2, 0.25) is 5.43 Å². The van der Waals surface area contributed by atoms with Crippen LogP contribution in [0.3, 0.4) is 0 Å². The lowest BCUT2D eigenvalue weighted by Gasteiger charge is -2.28. The third-order valence-electron chi connectivity index (χ3n) is 5.05. The van der Waals surface area contributed by atoms with Crippen LogP contribution in [0.5, 0.6) is 11.5 Å². The van der Waals surface area contributed by atoms with E-state index in [1.807, 2.05) is 62.4 Å². The molecule has 0 bridgehead atoms. The lowest BCUT2D eigenvalue weighted by molar-refractivity contribution is 0.158. The van der Waals surface area contributed by atoms with E-state index in [1.165, 1.54) is 0 Å². The van der Waals surface area contributed by atoms with Crippen molar-refractivity contribution >= 4 is 38.8 Å². The summed E-state index contributed by atoms with van der Waals surface area (Å²) in [5.74, 6) is 1.11. The molecule has 0 radical (unpaired) electrons. The molecular formula is C23H18O4. The minimum atomic E-state index is -0.432. The maximum Gasteiger partial charge on any atom is 0.204 e. The maximum atomic E-state index is 13.5. The van der Waals surface area contributed by atoms with Crippen molar-refractivity contribution in [3.63, 3.8) is 0 Å². The van der Waals surface area contributed by atoms with E-state index in [2.05, 4.69) is 0 Å².